The van der Waals surface area contributed by atoms with Gasteiger partial charge in [-0.2, -0.15) is 0 Å². The van der Waals surface area contributed by atoms with Crippen LogP contribution in [-0.2, 0) is 11.2 Å². The van der Waals surface area contributed by atoms with Crippen molar-refractivity contribution in [1.82, 2.24) is 4.90 Å². The van der Waals surface area contributed by atoms with Crippen molar-refractivity contribution in [3.63, 3.8) is 0 Å². The molecule has 4 nitrogen and oxygen atoms in total. The van der Waals surface area contributed by atoms with Crippen molar-refractivity contribution >= 4 is 0 Å². The number of nitrogens with zero attached hydrogens (tertiary/aromatic N) is 1. The zero-order valence-corrected chi connectivity index (χ0v) is 14.7. The Labute approximate surface area is 135 Å². The number of ether oxygens (including phenoxy) is 3. The molecule has 0 heterocycles. The summed E-state index contributed by atoms with van der Waals surface area (Å²) in [5.74, 6) is 1.58. The SMILES string of the molecule is CCCC[C@@H](Cc1ccc(OC)c(OC)c1)N(C)CCOC. The van der Waals surface area contributed by atoms with Gasteiger partial charge >= 0.3 is 0 Å². The predicted molar refractivity (Wildman–Crippen MR) is 91.1 cm³/mol. The summed E-state index contributed by atoms with van der Waals surface area (Å²) >= 11 is 0. The highest BCUT2D eigenvalue weighted by Gasteiger charge is 2.16. The number of methoxy groups -OCH3 is 3. The minimum atomic E-state index is 0.521. The first kappa shape index (κ1) is 18.8. The molecule has 0 spiro atoms. The molecule has 1 rings (SSSR count). The lowest BCUT2D eigenvalue weighted by atomic mass is 9.99. The monoisotopic (exact) mass is 309 g/mol. The van der Waals surface area contributed by atoms with Gasteiger partial charge in [-0.25, -0.2) is 0 Å². The molecule has 0 fully saturated rings. The fourth-order valence-electron chi connectivity index (χ4n) is 2.62. The van der Waals surface area contributed by atoms with Crippen molar-refractivity contribution in [3.8, 4) is 11.5 Å². The Morgan fingerprint density at radius 1 is 1.09 bits per heavy atom. The highest BCUT2D eigenvalue weighted by molar-refractivity contribution is 5.43. The fraction of sp³-hybridized carbons (Fsp3) is 0.667. The molecule has 0 aliphatic heterocycles. The molecule has 0 saturated heterocycles. The third kappa shape index (κ3) is 5.85. The van der Waals surface area contributed by atoms with Gasteiger partial charge in [-0.05, 0) is 37.6 Å². The van der Waals surface area contributed by atoms with Crippen LogP contribution in [0.15, 0.2) is 18.2 Å². The van der Waals surface area contributed by atoms with Crippen molar-refractivity contribution in [2.45, 2.75) is 38.6 Å². The molecule has 22 heavy (non-hydrogen) atoms. The number of unbranched alkanes of at least 4 members (excludes halogenated alkanes) is 1. The quantitative estimate of drug-likeness (QED) is 0.627. The van der Waals surface area contributed by atoms with Gasteiger partial charge in [0.2, 0.25) is 0 Å². The van der Waals surface area contributed by atoms with Gasteiger partial charge < -0.3 is 19.1 Å². The minimum Gasteiger partial charge on any atom is -0.493 e. The first-order valence-electron chi connectivity index (χ1n) is 8.06. The summed E-state index contributed by atoms with van der Waals surface area (Å²) in [6.45, 7) is 3.96. The van der Waals surface area contributed by atoms with Gasteiger partial charge in [-0.1, -0.05) is 25.8 Å². The Morgan fingerprint density at radius 3 is 2.41 bits per heavy atom. The molecule has 1 aromatic rings. The van der Waals surface area contributed by atoms with Crippen LogP contribution in [0, 0.1) is 0 Å². The van der Waals surface area contributed by atoms with Crippen molar-refractivity contribution in [3.05, 3.63) is 23.8 Å². The van der Waals surface area contributed by atoms with Crippen molar-refractivity contribution in [2.24, 2.45) is 0 Å². The second-order valence-electron chi connectivity index (χ2n) is 5.66. The van der Waals surface area contributed by atoms with E-state index in [9.17, 15) is 0 Å². The Hall–Kier alpha value is -1.26. The van der Waals surface area contributed by atoms with Crippen molar-refractivity contribution < 1.29 is 14.2 Å². The van der Waals surface area contributed by atoms with Crippen LogP contribution in [0.1, 0.15) is 31.7 Å². The summed E-state index contributed by atoms with van der Waals surface area (Å²) < 4.78 is 15.9. The average molecular weight is 309 g/mol. The van der Waals surface area contributed by atoms with Crippen LogP contribution in [0.4, 0.5) is 0 Å². The highest BCUT2D eigenvalue weighted by atomic mass is 16.5. The van der Waals surface area contributed by atoms with Crippen LogP contribution in [0.5, 0.6) is 11.5 Å². The topological polar surface area (TPSA) is 30.9 Å². The van der Waals surface area contributed by atoms with E-state index in [4.69, 9.17) is 14.2 Å². The van der Waals surface area contributed by atoms with E-state index in [1.54, 1.807) is 21.3 Å². The third-order valence-electron chi connectivity index (χ3n) is 4.08. The van der Waals surface area contributed by atoms with Crippen LogP contribution < -0.4 is 9.47 Å². The molecule has 0 bridgehead atoms. The maximum Gasteiger partial charge on any atom is 0.160 e. The molecule has 0 radical (unpaired) electrons. The molecule has 0 aliphatic carbocycles. The average Bonchev–Trinajstić information content (AvgIpc) is 2.55. The summed E-state index contributed by atoms with van der Waals surface area (Å²) in [7, 11) is 7.28. The number of hydrogen-bond acceptors (Lipinski definition) is 4. The van der Waals surface area contributed by atoms with Crippen molar-refractivity contribution in [2.75, 3.05) is 41.5 Å². The fourth-order valence-corrected chi connectivity index (χ4v) is 2.62. The Balaban J connectivity index is 2.79. The van der Waals surface area contributed by atoms with E-state index in [1.165, 1.54) is 24.8 Å². The lowest BCUT2D eigenvalue weighted by Crippen LogP contribution is -2.36. The van der Waals surface area contributed by atoms with E-state index in [2.05, 4.69) is 31.0 Å². The smallest absolute Gasteiger partial charge is 0.160 e. The number of hydrogen-bond donors (Lipinski definition) is 0. The molecule has 0 N–H and O–H groups in total. The number of likely N-dealkylation sites (N-methyl/N-ethyl adjacent to an activating group) is 1. The van der Waals surface area contributed by atoms with Gasteiger partial charge in [0.25, 0.3) is 0 Å². The normalized spacial score (nSPS) is 12.5. The van der Waals surface area contributed by atoms with E-state index < -0.39 is 0 Å². The summed E-state index contributed by atoms with van der Waals surface area (Å²) in [6, 6.07) is 6.72. The second-order valence-corrected chi connectivity index (χ2v) is 5.66. The molecule has 1 aromatic carbocycles. The maximum absolute atomic E-state index is 5.41. The Morgan fingerprint density at radius 2 is 1.82 bits per heavy atom. The lowest BCUT2D eigenvalue weighted by Gasteiger charge is -2.28. The standard InChI is InChI=1S/C18H31NO3/c1-6-7-8-16(19(2)11-12-20-3)13-15-9-10-17(21-4)18(14-15)22-5/h9-10,14,16H,6-8,11-13H2,1-5H3/t16-/m0/s1. The number of rotatable bonds is 11. The first-order chi connectivity index (χ1) is 10.7. The van der Waals surface area contributed by atoms with E-state index >= 15 is 0 Å². The van der Waals surface area contributed by atoms with Crippen LogP contribution in [-0.4, -0.2) is 52.5 Å². The molecular weight excluding hydrogens is 278 g/mol. The molecule has 0 amide bonds. The first-order valence-corrected chi connectivity index (χ1v) is 8.06. The van der Waals surface area contributed by atoms with Gasteiger partial charge in [0, 0.05) is 19.7 Å². The Kier molecular flexibility index (Phi) is 8.94. The van der Waals surface area contributed by atoms with Crippen LogP contribution >= 0.6 is 0 Å². The van der Waals surface area contributed by atoms with E-state index in [0.29, 0.717) is 6.04 Å². The van der Waals surface area contributed by atoms with Gasteiger partial charge in [0.1, 0.15) is 0 Å². The zero-order chi connectivity index (χ0) is 16.4. The van der Waals surface area contributed by atoms with Gasteiger partial charge in [-0.3, -0.25) is 0 Å². The van der Waals surface area contributed by atoms with E-state index in [1.807, 2.05) is 6.07 Å². The lowest BCUT2D eigenvalue weighted by molar-refractivity contribution is 0.134. The van der Waals surface area contributed by atoms with Crippen LogP contribution in [0.25, 0.3) is 0 Å². The molecule has 4 heteroatoms. The largest absolute Gasteiger partial charge is 0.493 e. The zero-order valence-electron chi connectivity index (χ0n) is 14.7. The van der Waals surface area contributed by atoms with Crippen LogP contribution in [0.3, 0.4) is 0 Å². The predicted octanol–water partition coefficient (Wildman–Crippen LogP) is 3.38. The summed E-state index contributed by atoms with van der Waals surface area (Å²) in [6.07, 6.45) is 4.68. The minimum absolute atomic E-state index is 0.521. The summed E-state index contributed by atoms with van der Waals surface area (Å²) in [5.41, 5.74) is 1.28. The van der Waals surface area contributed by atoms with Gasteiger partial charge in [0.15, 0.2) is 11.5 Å². The molecule has 0 saturated carbocycles. The van der Waals surface area contributed by atoms with Gasteiger partial charge in [0.05, 0.1) is 20.8 Å². The summed E-state index contributed by atoms with van der Waals surface area (Å²) in [5, 5.41) is 0. The Bertz CT molecular complexity index is 423. The molecule has 126 valence electrons. The van der Waals surface area contributed by atoms with Crippen LogP contribution in [0.2, 0.25) is 0 Å². The molecule has 0 unspecified atom stereocenters. The molecular formula is C18H31NO3. The third-order valence-corrected chi connectivity index (χ3v) is 4.08. The maximum atomic E-state index is 5.41. The number of benzene rings is 1. The van der Waals surface area contributed by atoms with Crippen molar-refractivity contribution in [1.29, 1.82) is 0 Å². The second kappa shape index (κ2) is 10.5. The van der Waals surface area contributed by atoms with E-state index in [0.717, 1.165) is 31.1 Å². The molecule has 0 aliphatic rings. The van der Waals surface area contributed by atoms with E-state index in [-0.39, 0.29) is 0 Å². The summed E-state index contributed by atoms with van der Waals surface area (Å²) in [4.78, 5) is 2.40. The highest BCUT2D eigenvalue weighted by Crippen LogP contribution is 2.28. The molecule has 0 aromatic heterocycles. The molecule has 1 atom stereocenters. The van der Waals surface area contributed by atoms with Gasteiger partial charge in [-0.15, -0.1) is 0 Å².